The predicted octanol–water partition coefficient (Wildman–Crippen LogP) is 2.92. The molecule has 0 atom stereocenters. The number of nitrogens with one attached hydrogen (secondary N) is 2. The lowest BCUT2D eigenvalue weighted by Crippen LogP contribution is -2.20. The van der Waals surface area contributed by atoms with Gasteiger partial charge in [0.15, 0.2) is 0 Å². The lowest BCUT2D eigenvalue weighted by Gasteiger charge is -2.11. The van der Waals surface area contributed by atoms with Crippen LogP contribution in [0.25, 0.3) is 0 Å². The summed E-state index contributed by atoms with van der Waals surface area (Å²) in [5, 5.41) is 2.50. The van der Waals surface area contributed by atoms with E-state index in [1.165, 1.54) is 19.2 Å². The van der Waals surface area contributed by atoms with Crippen LogP contribution in [0.1, 0.15) is 15.9 Å². The van der Waals surface area contributed by atoms with E-state index in [1.54, 1.807) is 37.3 Å². The maximum atomic E-state index is 12.5. The van der Waals surface area contributed by atoms with Gasteiger partial charge in [0.2, 0.25) is 0 Å². The van der Waals surface area contributed by atoms with E-state index in [1.807, 2.05) is 0 Å². The minimum atomic E-state index is -3.78. The van der Waals surface area contributed by atoms with E-state index in [-0.39, 0.29) is 10.8 Å². The molecule has 2 rings (SSSR count). The Morgan fingerprint density at radius 3 is 2.45 bits per heavy atom. The summed E-state index contributed by atoms with van der Waals surface area (Å²) >= 11 is 3.29. The zero-order valence-corrected chi connectivity index (χ0v) is 14.5. The number of carbonyl (C=O) groups is 1. The standard InChI is InChI=1S/C15H15BrN2O3S/c1-10-7-8-11(9-12(10)15(19)17-2)22(20,21)18-14-6-4-3-5-13(14)16/h3-9,18H,1-2H3,(H,17,19). The number of para-hydroxylation sites is 1. The van der Waals surface area contributed by atoms with Crippen molar-refractivity contribution < 1.29 is 13.2 Å². The number of benzene rings is 2. The molecule has 0 saturated carbocycles. The van der Waals surface area contributed by atoms with Crippen LogP contribution < -0.4 is 10.0 Å². The summed E-state index contributed by atoms with van der Waals surface area (Å²) in [7, 11) is -2.27. The van der Waals surface area contributed by atoms with Crippen molar-refractivity contribution in [3.63, 3.8) is 0 Å². The lowest BCUT2D eigenvalue weighted by molar-refractivity contribution is 0.0962. The third-order valence-corrected chi connectivity index (χ3v) is 5.16. The largest absolute Gasteiger partial charge is 0.355 e. The molecule has 5 nitrogen and oxygen atoms in total. The van der Waals surface area contributed by atoms with Crippen LogP contribution in [0.5, 0.6) is 0 Å². The topological polar surface area (TPSA) is 75.3 Å². The zero-order chi connectivity index (χ0) is 16.3. The Labute approximate surface area is 137 Å². The molecule has 0 bridgehead atoms. The molecule has 7 heteroatoms. The summed E-state index contributed by atoms with van der Waals surface area (Å²) in [4.78, 5) is 11.8. The molecule has 0 fully saturated rings. The third-order valence-electron chi connectivity index (χ3n) is 3.11. The van der Waals surface area contributed by atoms with Gasteiger partial charge in [0.1, 0.15) is 0 Å². The predicted molar refractivity (Wildman–Crippen MR) is 89.5 cm³/mol. The van der Waals surface area contributed by atoms with E-state index in [0.29, 0.717) is 21.3 Å². The van der Waals surface area contributed by atoms with Crippen molar-refractivity contribution in [2.24, 2.45) is 0 Å². The first-order valence-electron chi connectivity index (χ1n) is 6.45. The Morgan fingerprint density at radius 2 is 1.82 bits per heavy atom. The van der Waals surface area contributed by atoms with E-state index in [9.17, 15) is 13.2 Å². The second-order valence-electron chi connectivity index (χ2n) is 4.64. The van der Waals surface area contributed by atoms with Gasteiger partial charge in [-0.3, -0.25) is 9.52 Å². The van der Waals surface area contributed by atoms with Gasteiger partial charge in [-0.05, 0) is 52.7 Å². The van der Waals surface area contributed by atoms with Crippen molar-refractivity contribution in [2.75, 3.05) is 11.8 Å². The van der Waals surface area contributed by atoms with Gasteiger partial charge >= 0.3 is 0 Å². The van der Waals surface area contributed by atoms with Crippen molar-refractivity contribution in [1.82, 2.24) is 5.32 Å². The average Bonchev–Trinajstić information content (AvgIpc) is 2.49. The second-order valence-corrected chi connectivity index (χ2v) is 7.18. The van der Waals surface area contributed by atoms with Gasteiger partial charge in [-0.2, -0.15) is 0 Å². The molecule has 1 amide bonds. The molecule has 0 aromatic heterocycles. The fraction of sp³-hybridized carbons (Fsp3) is 0.133. The van der Waals surface area contributed by atoms with Gasteiger partial charge in [0.25, 0.3) is 15.9 Å². The fourth-order valence-corrected chi connectivity index (χ4v) is 3.52. The van der Waals surface area contributed by atoms with E-state index >= 15 is 0 Å². The van der Waals surface area contributed by atoms with E-state index < -0.39 is 10.0 Å². The number of anilines is 1. The highest BCUT2D eigenvalue weighted by Crippen LogP contribution is 2.25. The van der Waals surface area contributed by atoms with Gasteiger partial charge in [-0.25, -0.2) is 8.42 Å². The van der Waals surface area contributed by atoms with Crippen LogP contribution in [0.2, 0.25) is 0 Å². The van der Waals surface area contributed by atoms with Gasteiger partial charge in [0, 0.05) is 17.1 Å². The molecule has 0 radical (unpaired) electrons. The van der Waals surface area contributed by atoms with Crippen LogP contribution in [0.15, 0.2) is 51.8 Å². The Kier molecular flexibility index (Phi) is 4.87. The summed E-state index contributed by atoms with van der Waals surface area (Å²) in [5.74, 6) is -0.324. The van der Waals surface area contributed by atoms with Crippen LogP contribution in [0.4, 0.5) is 5.69 Å². The highest BCUT2D eigenvalue weighted by atomic mass is 79.9. The molecule has 0 saturated heterocycles. The SMILES string of the molecule is CNC(=O)c1cc(S(=O)(=O)Nc2ccccc2Br)ccc1C. The monoisotopic (exact) mass is 382 g/mol. The molecule has 0 aliphatic rings. The minimum Gasteiger partial charge on any atom is -0.355 e. The summed E-state index contributed by atoms with van der Waals surface area (Å²) in [5.41, 5.74) is 1.47. The molecule has 2 aromatic carbocycles. The molecular weight excluding hydrogens is 368 g/mol. The molecule has 0 heterocycles. The van der Waals surface area contributed by atoms with Crippen LogP contribution in [0, 0.1) is 6.92 Å². The van der Waals surface area contributed by atoms with Crippen molar-refractivity contribution in [3.8, 4) is 0 Å². The number of hydrogen-bond donors (Lipinski definition) is 2. The lowest BCUT2D eigenvalue weighted by atomic mass is 10.1. The summed E-state index contributed by atoms with van der Waals surface area (Å²) in [6.45, 7) is 1.75. The number of hydrogen-bond acceptors (Lipinski definition) is 3. The molecule has 116 valence electrons. The van der Waals surface area contributed by atoms with Crippen molar-refractivity contribution in [1.29, 1.82) is 0 Å². The van der Waals surface area contributed by atoms with Crippen molar-refractivity contribution in [2.45, 2.75) is 11.8 Å². The van der Waals surface area contributed by atoms with Crippen LogP contribution in [0.3, 0.4) is 0 Å². The van der Waals surface area contributed by atoms with Crippen molar-refractivity contribution >= 4 is 37.5 Å². The molecule has 2 aromatic rings. The molecular formula is C15H15BrN2O3S. The molecule has 0 spiro atoms. The average molecular weight is 383 g/mol. The fourth-order valence-electron chi connectivity index (χ4n) is 1.90. The maximum absolute atomic E-state index is 12.5. The number of amides is 1. The molecule has 2 N–H and O–H groups in total. The third kappa shape index (κ3) is 3.48. The number of carbonyl (C=O) groups excluding carboxylic acids is 1. The quantitative estimate of drug-likeness (QED) is 0.853. The first-order valence-corrected chi connectivity index (χ1v) is 8.73. The second kappa shape index (κ2) is 6.50. The summed E-state index contributed by atoms with van der Waals surface area (Å²) in [6.07, 6.45) is 0. The normalized spacial score (nSPS) is 11.0. The van der Waals surface area contributed by atoms with Gasteiger partial charge in [-0.1, -0.05) is 18.2 Å². The van der Waals surface area contributed by atoms with E-state index in [4.69, 9.17) is 0 Å². The highest BCUT2D eigenvalue weighted by molar-refractivity contribution is 9.10. The first kappa shape index (κ1) is 16.5. The Balaban J connectivity index is 2.42. The Morgan fingerprint density at radius 1 is 1.14 bits per heavy atom. The van der Waals surface area contributed by atoms with Crippen molar-refractivity contribution in [3.05, 3.63) is 58.1 Å². The molecule has 22 heavy (non-hydrogen) atoms. The first-order chi connectivity index (χ1) is 10.3. The van der Waals surface area contributed by atoms with Gasteiger partial charge in [0.05, 0.1) is 10.6 Å². The maximum Gasteiger partial charge on any atom is 0.261 e. The number of rotatable bonds is 4. The van der Waals surface area contributed by atoms with Crippen LogP contribution in [-0.2, 0) is 10.0 Å². The molecule has 0 aliphatic heterocycles. The van der Waals surface area contributed by atoms with Crippen LogP contribution in [-0.4, -0.2) is 21.4 Å². The minimum absolute atomic E-state index is 0.0347. The summed E-state index contributed by atoms with van der Waals surface area (Å²) < 4.78 is 28.1. The number of aryl methyl sites for hydroxylation is 1. The molecule has 0 aliphatic carbocycles. The highest BCUT2D eigenvalue weighted by Gasteiger charge is 2.18. The van der Waals surface area contributed by atoms with Crippen LogP contribution >= 0.6 is 15.9 Å². The molecule has 0 unspecified atom stereocenters. The smallest absolute Gasteiger partial charge is 0.261 e. The van der Waals surface area contributed by atoms with Gasteiger partial charge < -0.3 is 5.32 Å². The van der Waals surface area contributed by atoms with Gasteiger partial charge in [-0.15, -0.1) is 0 Å². The summed E-state index contributed by atoms with van der Waals surface area (Å²) in [6, 6.07) is 11.4. The Hall–Kier alpha value is -1.86. The zero-order valence-electron chi connectivity index (χ0n) is 12.1. The number of sulfonamides is 1. The van der Waals surface area contributed by atoms with E-state index in [2.05, 4.69) is 26.0 Å². The Bertz CT molecular complexity index is 819. The number of halogens is 1. The van der Waals surface area contributed by atoms with E-state index in [0.717, 1.165) is 0 Å².